The second-order valence-corrected chi connectivity index (χ2v) is 3.22. The molecule has 0 aliphatic rings. The molecule has 0 spiro atoms. The topological polar surface area (TPSA) is 47.8 Å². The SMILES string of the molecule is CCC(Cc1ncnn1C)C(C)=O. The van der Waals surface area contributed by atoms with Crippen LogP contribution in [0.15, 0.2) is 6.33 Å². The normalized spacial score (nSPS) is 12.8. The van der Waals surface area contributed by atoms with E-state index in [0.29, 0.717) is 6.42 Å². The Balaban J connectivity index is 2.67. The van der Waals surface area contributed by atoms with Gasteiger partial charge in [0, 0.05) is 19.4 Å². The molecule has 1 aromatic heterocycles. The zero-order chi connectivity index (χ0) is 9.84. The summed E-state index contributed by atoms with van der Waals surface area (Å²) in [6.45, 7) is 3.65. The standard InChI is InChI=1S/C9H15N3O/c1-4-8(7(2)13)5-9-10-6-11-12(9)3/h6,8H,4-5H2,1-3H3. The Morgan fingerprint density at radius 2 is 2.38 bits per heavy atom. The van der Waals surface area contributed by atoms with E-state index in [1.54, 1.807) is 11.6 Å². The predicted octanol–water partition coefficient (Wildman–Crippen LogP) is 0.973. The van der Waals surface area contributed by atoms with Crippen molar-refractivity contribution in [2.45, 2.75) is 26.7 Å². The van der Waals surface area contributed by atoms with Crippen molar-refractivity contribution < 1.29 is 4.79 Å². The number of nitrogens with zero attached hydrogens (tertiary/aromatic N) is 3. The van der Waals surface area contributed by atoms with Crippen molar-refractivity contribution in [3.8, 4) is 0 Å². The first-order chi connectivity index (χ1) is 6.15. The highest BCUT2D eigenvalue weighted by Crippen LogP contribution is 2.10. The monoisotopic (exact) mass is 181 g/mol. The zero-order valence-electron chi connectivity index (χ0n) is 8.32. The van der Waals surface area contributed by atoms with Crippen LogP contribution in [0.2, 0.25) is 0 Å². The van der Waals surface area contributed by atoms with Crippen LogP contribution in [-0.4, -0.2) is 20.5 Å². The molecule has 1 aromatic rings. The van der Waals surface area contributed by atoms with Gasteiger partial charge in [0.1, 0.15) is 17.9 Å². The molecule has 4 nitrogen and oxygen atoms in total. The largest absolute Gasteiger partial charge is 0.300 e. The van der Waals surface area contributed by atoms with Gasteiger partial charge >= 0.3 is 0 Å². The number of aryl methyl sites for hydroxylation is 1. The van der Waals surface area contributed by atoms with Crippen molar-refractivity contribution >= 4 is 5.78 Å². The Kier molecular flexibility index (Phi) is 3.17. The first-order valence-corrected chi connectivity index (χ1v) is 4.48. The molecule has 4 heteroatoms. The second kappa shape index (κ2) is 4.16. The van der Waals surface area contributed by atoms with Crippen molar-refractivity contribution in [2.24, 2.45) is 13.0 Å². The summed E-state index contributed by atoms with van der Waals surface area (Å²) in [4.78, 5) is 15.2. The van der Waals surface area contributed by atoms with E-state index in [4.69, 9.17) is 0 Å². The third-order valence-electron chi connectivity index (χ3n) is 2.30. The Morgan fingerprint density at radius 1 is 1.69 bits per heavy atom. The summed E-state index contributed by atoms with van der Waals surface area (Å²) in [5.74, 6) is 1.19. The number of carbonyl (C=O) groups excluding carboxylic acids is 1. The summed E-state index contributed by atoms with van der Waals surface area (Å²) in [6, 6.07) is 0. The van der Waals surface area contributed by atoms with Crippen LogP contribution in [-0.2, 0) is 18.3 Å². The number of Topliss-reactive ketones (excluding diaryl/α,β-unsaturated/α-hetero) is 1. The average Bonchev–Trinajstić information content (AvgIpc) is 2.46. The van der Waals surface area contributed by atoms with Crippen molar-refractivity contribution in [2.75, 3.05) is 0 Å². The lowest BCUT2D eigenvalue weighted by molar-refractivity contribution is -0.120. The lowest BCUT2D eigenvalue weighted by atomic mass is 9.98. The molecule has 0 aromatic carbocycles. The van der Waals surface area contributed by atoms with Gasteiger partial charge in [-0.15, -0.1) is 0 Å². The number of hydrogen-bond donors (Lipinski definition) is 0. The highest BCUT2D eigenvalue weighted by molar-refractivity contribution is 5.78. The van der Waals surface area contributed by atoms with Gasteiger partial charge in [0.15, 0.2) is 0 Å². The first kappa shape index (κ1) is 9.89. The maximum absolute atomic E-state index is 11.2. The fourth-order valence-electron chi connectivity index (χ4n) is 1.30. The van der Waals surface area contributed by atoms with E-state index < -0.39 is 0 Å². The quantitative estimate of drug-likeness (QED) is 0.695. The summed E-state index contributed by atoms with van der Waals surface area (Å²) in [6.07, 6.45) is 3.08. The number of hydrogen-bond acceptors (Lipinski definition) is 3. The molecule has 0 fully saturated rings. The van der Waals surface area contributed by atoms with Crippen molar-refractivity contribution in [3.63, 3.8) is 0 Å². The molecule has 0 aliphatic heterocycles. The lowest BCUT2D eigenvalue weighted by Crippen LogP contribution is -2.15. The molecular formula is C9H15N3O. The lowest BCUT2D eigenvalue weighted by Gasteiger charge is -2.09. The Labute approximate surface area is 78.0 Å². The van der Waals surface area contributed by atoms with Crippen LogP contribution in [0.5, 0.6) is 0 Å². The number of carbonyl (C=O) groups is 1. The molecule has 72 valence electrons. The summed E-state index contributed by atoms with van der Waals surface area (Å²) in [5, 5.41) is 3.96. The van der Waals surface area contributed by atoms with E-state index in [2.05, 4.69) is 10.1 Å². The molecule has 13 heavy (non-hydrogen) atoms. The van der Waals surface area contributed by atoms with Gasteiger partial charge in [-0.05, 0) is 13.3 Å². The molecule has 0 bridgehead atoms. The van der Waals surface area contributed by atoms with E-state index >= 15 is 0 Å². The van der Waals surface area contributed by atoms with Gasteiger partial charge in [-0.1, -0.05) is 6.92 Å². The molecule has 0 saturated heterocycles. The summed E-state index contributed by atoms with van der Waals surface area (Å²) < 4.78 is 1.71. The fourth-order valence-corrected chi connectivity index (χ4v) is 1.30. The third-order valence-corrected chi connectivity index (χ3v) is 2.30. The fraction of sp³-hybridized carbons (Fsp3) is 0.667. The summed E-state index contributed by atoms with van der Waals surface area (Å²) in [5.41, 5.74) is 0. The molecule has 0 saturated carbocycles. The maximum Gasteiger partial charge on any atom is 0.138 e. The second-order valence-electron chi connectivity index (χ2n) is 3.22. The average molecular weight is 181 g/mol. The van der Waals surface area contributed by atoms with Crippen LogP contribution < -0.4 is 0 Å². The van der Waals surface area contributed by atoms with Gasteiger partial charge in [0.05, 0.1) is 0 Å². The molecule has 0 amide bonds. The summed E-state index contributed by atoms with van der Waals surface area (Å²) in [7, 11) is 1.84. The van der Waals surface area contributed by atoms with Crippen molar-refractivity contribution in [3.05, 3.63) is 12.2 Å². The minimum Gasteiger partial charge on any atom is -0.300 e. The minimum atomic E-state index is 0.0860. The van der Waals surface area contributed by atoms with Crippen LogP contribution in [0, 0.1) is 5.92 Å². The van der Waals surface area contributed by atoms with Crippen LogP contribution >= 0.6 is 0 Å². The van der Waals surface area contributed by atoms with E-state index in [9.17, 15) is 4.79 Å². The van der Waals surface area contributed by atoms with Gasteiger partial charge in [-0.2, -0.15) is 5.10 Å². The van der Waals surface area contributed by atoms with E-state index in [1.807, 2.05) is 14.0 Å². The van der Waals surface area contributed by atoms with Crippen molar-refractivity contribution in [1.29, 1.82) is 0 Å². The van der Waals surface area contributed by atoms with Gasteiger partial charge in [-0.25, -0.2) is 4.98 Å². The van der Waals surface area contributed by atoms with E-state index in [1.165, 1.54) is 6.33 Å². The number of ketones is 1. The molecule has 0 N–H and O–H groups in total. The van der Waals surface area contributed by atoms with Gasteiger partial charge in [0.25, 0.3) is 0 Å². The maximum atomic E-state index is 11.2. The highest BCUT2D eigenvalue weighted by Gasteiger charge is 2.14. The van der Waals surface area contributed by atoms with E-state index in [0.717, 1.165) is 12.2 Å². The van der Waals surface area contributed by atoms with Crippen LogP contribution in [0.4, 0.5) is 0 Å². The molecule has 0 radical (unpaired) electrons. The van der Waals surface area contributed by atoms with Crippen molar-refractivity contribution in [1.82, 2.24) is 14.8 Å². The van der Waals surface area contributed by atoms with Gasteiger partial charge < -0.3 is 0 Å². The minimum absolute atomic E-state index is 0.0860. The Morgan fingerprint density at radius 3 is 2.77 bits per heavy atom. The molecule has 1 unspecified atom stereocenters. The van der Waals surface area contributed by atoms with Gasteiger partial charge in [-0.3, -0.25) is 9.48 Å². The zero-order valence-corrected chi connectivity index (χ0v) is 8.32. The number of rotatable bonds is 4. The Hall–Kier alpha value is -1.19. The van der Waals surface area contributed by atoms with E-state index in [-0.39, 0.29) is 11.7 Å². The smallest absolute Gasteiger partial charge is 0.138 e. The number of aromatic nitrogens is 3. The summed E-state index contributed by atoms with van der Waals surface area (Å²) >= 11 is 0. The molecule has 1 heterocycles. The Bertz CT molecular complexity index is 293. The first-order valence-electron chi connectivity index (χ1n) is 4.48. The van der Waals surface area contributed by atoms with Gasteiger partial charge in [0.2, 0.25) is 0 Å². The third kappa shape index (κ3) is 2.37. The molecule has 1 atom stereocenters. The predicted molar refractivity (Wildman–Crippen MR) is 49.2 cm³/mol. The highest BCUT2D eigenvalue weighted by atomic mass is 16.1. The van der Waals surface area contributed by atoms with Crippen LogP contribution in [0.25, 0.3) is 0 Å². The molecule has 1 rings (SSSR count). The molecule has 0 aliphatic carbocycles. The molecular weight excluding hydrogens is 166 g/mol. The van der Waals surface area contributed by atoms with Crippen LogP contribution in [0.3, 0.4) is 0 Å². The van der Waals surface area contributed by atoms with Crippen LogP contribution in [0.1, 0.15) is 26.1 Å².